The molecule has 3 heterocycles. The highest BCUT2D eigenvalue weighted by molar-refractivity contribution is 5.88. The number of hydrogen-bond donors (Lipinski definition) is 0. The van der Waals surface area contributed by atoms with Crippen LogP contribution in [0.5, 0.6) is 11.5 Å². The monoisotopic (exact) mass is 447 g/mol. The van der Waals surface area contributed by atoms with Gasteiger partial charge in [0, 0.05) is 41.8 Å². The molecule has 0 N–H and O–H groups in total. The quantitative estimate of drug-likeness (QED) is 0.362. The van der Waals surface area contributed by atoms with Gasteiger partial charge in [-0.05, 0) is 87.8 Å². The first-order valence-corrected chi connectivity index (χ1v) is 11.6. The Bertz CT molecular complexity index is 1300. The van der Waals surface area contributed by atoms with E-state index in [-0.39, 0.29) is 11.9 Å². The Morgan fingerprint density at radius 2 is 2.00 bits per heavy atom. The van der Waals surface area contributed by atoms with E-state index in [1.807, 2.05) is 38.2 Å². The SMILES string of the molecule is Cc1ccc2c3c(ccc2n1)OCC(CN(C)CCCCc1cn(C)c2ccc(F)cc12)O3. The van der Waals surface area contributed by atoms with E-state index in [4.69, 9.17) is 9.47 Å². The maximum atomic E-state index is 13.7. The number of pyridine rings is 1. The number of nitrogens with zero attached hydrogens (tertiary/aromatic N) is 3. The molecule has 1 aliphatic heterocycles. The van der Waals surface area contributed by atoms with Crippen molar-refractivity contribution in [2.24, 2.45) is 7.05 Å². The third-order valence-corrected chi connectivity index (χ3v) is 6.42. The predicted molar refractivity (Wildman–Crippen MR) is 130 cm³/mol. The van der Waals surface area contributed by atoms with Gasteiger partial charge in [-0.1, -0.05) is 0 Å². The molecule has 0 fully saturated rings. The standard InChI is InChI=1S/C27H30FN3O2/c1-18-7-9-22-24(29-18)10-12-26-27(22)33-21(17-32-26)16-30(2)13-5-4-6-19-15-31(3)25-11-8-20(28)14-23(19)25/h7-12,14-15,21H,4-6,13,16-17H2,1-3H3. The normalized spacial score (nSPS) is 15.6. The van der Waals surface area contributed by atoms with Crippen molar-refractivity contribution in [3.05, 3.63) is 65.7 Å². The van der Waals surface area contributed by atoms with Gasteiger partial charge in [0.25, 0.3) is 0 Å². The first kappa shape index (κ1) is 21.7. The van der Waals surface area contributed by atoms with Crippen LogP contribution in [-0.2, 0) is 13.5 Å². The van der Waals surface area contributed by atoms with Gasteiger partial charge in [-0.2, -0.15) is 0 Å². The maximum Gasteiger partial charge on any atom is 0.171 e. The van der Waals surface area contributed by atoms with E-state index in [2.05, 4.69) is 33.8 Å². The van der Waals surface area contributed by atoms with E-state index in [1.165, 1.54) is 11.6 Å². The Morgan fingerprint density at radius 1 is 1.12 bits per heavy atom. The first-order valence-electron chi connectivity index (χ1n) is 11.6. The van der Waals surface area contributed by atoms with Crippen LogP contribution in [-0.4, -0.2) is 47.3 Å². The number of fused-ring (bicyclic) bond motifs is 4. The first-order chi connectivity index (χ1) is 16.0. The summed E-state index contributed by atoms with van der Waals surface area (Å²) in [6, 6.07) is 13.0. The molecule has 6 heteroatoms. The van der Waals surface area contributed by atoms with Crippen LogP contribution in [0.15, 0.2) is 48.7 Å². The van der Waals surface area contributed by atoms with Crippen LogP contribution in [0, 0.1) is 12.7 Å². The lowest BCUT2D eigenvalue weighted by molar-refractivity contribution is 0.0668. The fourth-order valence-corrected chi connectivity index (χ4v) is 4.75. The summed E-state index contributed by atoms with van der Waals surface area (Å²) in [5.41, 5.74) is 4.21. The lowest BCUT2D eigenvalue weighted by Gasteiger charge is -2.30. The van der Waals surface area contributed by atoms with Crippen molar-refractivity contribution in [1.29, 1.82) is 0 Å². The second-order valence-corrected chi connectivity index (χ2v) is 9.11. The summed E-state index contributed by atoms with van der Waals surface area (Å²) in [6.07, 6.45) is 5.18. The molecule has 172 valence electrons. The van der Waals surface area contributed by atoms with Crippen molar-refractivity contribution >= 4 is 21.8 Å². The zero-order valence-corrected chi connectivity index (χ0v) is 19.5. The molecule has 1 aliphatic rings. The van der Waals surface area contributed by atoms with Crippen LogP contribution in [0.1, 0.15) is 24.1 Å². The summed E-state index contributed by atoms with van der Waals surface area (Å²) < 4.78 is 28.1. The van der Waals surface area contributed by atoms with E-state index in [1.54, 1.807) is 6.07 Å². The van der Waals surface area contributed by atoms with Gasteiger partial charge < -0.3 is 18.9 Å². The van der Waals surface area contributed by atoms with Gasteiger partial charge in [-0.15, -0.1) is 0 Å². The molecular weight excluding hydrogens is 417 g/mol. The number of rotatable bonds is 7. The highest BCUT2D eigenvalue weighted by Crippen LogP contribution is 2.38. The van der Waals surface area contributed by atoms with Gasteiger partial charge in [-0.25, -0.2) is 4.39 Å². The summed E-state index contributed by atoms with van der Waals surface area (Å²) in [7, 11) is 4.14. The number of aryl methyl sites for hydroxylation is 3. The number of likely N-dealkylation sites (N-methyl/N-ethyl adjacent to an activating group) is 1. The number of aromatic nitrogens is 2. The number of benzene rings is 2. The Morgan fingerprint density at radius 3 is 2.88 bits per heavy atom. The van der Waals surface area contributed by atoms with E-state index >= 15 is 0 Å². The summed E-state index contributed by atoms with van der Waals surface area (Å²) >= 11 is 0. The van der Waals surface area contributed by atoms with Gasteiger partial charge in [0.2, 0.25) is 0 Å². The minimum absolute atomic E-state index is 0.0181. The van der Waals surface area contributed by atoms with Gasteiger partial charge in [0.1, 0.15) is 18.5 Å². The number of hydrogen-bond acceptors (Lipinski definition) is 4. The molecule has 0 aliphatic carbocycles. The molecule has 2 aromatic heterocycles. The second kappa shape index (κ2) is 9.02. The molecule has 5 rings (SSSR count). The van der Waals surface area contributed by atoms with Crippen LogP contribution in [0.3, 0.4) is 0 Å². The van der Waals surface area contributed by atoms with Crippen molar-refractivity contribution in [2.45, 2.75) is 32.3 Å². The highest BCUT2D eigenvalue weighted by atomic mass is 19.1. The molecule has 0 spiro atoms. The number of unbranched alkanes of at least 4 members (excludes halogenated alkanes) is 1. The van der Waals surface area contributed by atoms with Gasteiger partial charge in [-0.3, -0.25) is 4.98 Å². The van der Waals surface area contributed by atoms with Crippen LogP contribution in [0.4, 0.5) is 4.39 Å². The second-order valence-electron chi connectivity index (χ2n) is 9.11. The summed E-state index contributed by atoms with van der Waals surface area (Å²) in [6.45, 7) is 4.31. The third kappa shape index (κ3) is 4.53. The molecule has 1 atom stereocenters. The zero-order chi connectivity index (χ0) is 22.9. The molecule has 0 radical (unpaired) electrons. The Balaban J connectivity index is 1.15. The molecule has 33 heavy (non-hydrogen) atoms. The average Bonchev–Trinajstić information content (AvgIpc) is 3.10. The minimum atomic E-state index is -0.176. The van der Waals surface area contributed by atoms with Crippen molar-refractivity contribution < 1.29 is 13.9 Å². The lowest BCUT2D eigenvalue weighted by Crippen LogP contribution is -2.39. The highest BCUT2D eigenvalue weighted by Gasteiger charge is 2.24. The van der Waals surface area contributed by atoms with E-state index < -0.39 is 0 Å². The van der Waals surface area contributed by atoms with Gasteiger partial charge >= 0.3 is 0 Å². The zero-order valence-electron chi connectivity index (χ0n) is 19.5. The van der Waals surface area contributed by atoms with Gasteiger partial charge in [0.15, 0.2) is 11.5 Å². The Kier molecular flexibility index (Phi) is 5.94. The predicted octanol–water partition coefficient (Wildman–Crippen LogP) is 5.27. The Labute approximate surface area is 193 Å². The lowest BCUT2D eigenvalue weighted by atomic mass is 10.1. The largest absolute Gasteiger partial charge is 0.486 e. The molecule has 1 unspecified atom stereocenters. The topological polar surface area (TPSA) is 39.5 Å². The molecule has 0 bridgehead atoms. The van der Waals surface area contributed by atoms with Crippen molar-refractivity contribution in [1.82, 2.24) is 14.5 Å². The number of halogens is 1. The molecular formula is C27H30FN3O2. The molecule has 4 aromatic rings. The molecule has 0 saturated carbocycles. The fraction of sp³-hybridized carbons (Fsp3) is 0.370. The molecule has 2 aromatic carbocycles. The third-order valence-electron chi connectivity index (χ3n) is 6.42. The van der Waals surface area contributed by atoms with Crippen LogP contribution in [0.2, 0.25) is 0 Å². The van der Waals surface area contributed by atoms with Gasteiger partial charge in [0.05, 0.1) is 5.52 Å². The van der Waals surface area contributed by atoms with Crippen LogP contribution < -0.4 is 9.47 Å². The summed E-state index contributed by atoms with van der Waals surface area (Å²) in [5, 5.41) is 2.02. The smallest absolute Gasteiger partial charge is 0.171 e. The minimum Gasteiger partial charge on any atom is -0.486 e. The summed E-state index contributed by atoms with van der Waals surface area (Å²) in [4.78, 5) is 6.90. The van der Waals surface area contributed by atoms with Crippen molar-refractivity contribution in [2.75, 3.05) is 26.7 Å². The van der Waals surface area contributed by atoms with E-state index in [0.29, 0.717) is 6.61 Å². The van der Waals surface area contributed by atoms with E-state index in [0.717, 1.165) is 71.4 Å². The van der Waals surface area contributed by atoms with Crippen LogP contribution >= 0.6 is 0 Å². The van der Waals surface area contributed by atoms with E-state index in [9.17, 15) is 4.39 Å². The average molecular weight is 448 g/mol. The number of ether oxygens (including phenoxy) is 2. The molecule has 0 amide bonds. The molecule has 0 saturated heterocycles. The van der Waals surface area contributed by atoms with Crippen LogP contribution in [0.25, 0.3) is 21.8 Å². The van der Waals surface area contributed by atoms with Crippen molar-refractivity contribution in [3.63, 3.8) is 0 Å². The summed E-state index contributed by atoms with van der Waals surface area (Å²) in [5.74, 6) is 1.41. The molecule has 5 nitrogen and oxygen atoms in total. The van der Waals surface area contributed by atoms with Crippen molar-refractivity contribution in [3.8, 4) is 11.5 Å². The maximum absolute atomic E-state index is 13.7. The Hall–Kier alpha value is -3.12. The fourth-order valence-electron chi connectivity index (χ4n) is 4.75.